The predicted octanol–water partition coefficient (Wildman–Crippen LogP) is 2.62. The second-order valence-corrected chi connectivity index (χ2v) is 5.93. The van der Waals surface area contributed by atoms with Gasteiger partial charge in [0.05, 0.1) is 6.10 Å². The highest BCUT2D eigenvalue weighted by atomic mass is 16.5. The Morgan fingerprint density at radius 3 is 2.53 bits per heavy atom. The van der Waals surface area contributed by atoms with Crippen molar-refractivity contribution in [2.75, 3.05) is 19.7 Å². The van der Waals surface area contributed by atoms with E-state index in [2.05, 4.69) is 26.8 Å². The first-order chi connectivity index (χ1) is 7.80. The normalized spacial score (nSPS) is 17.3. The third-order valence-electron chi connectivity index (χ3n) is 3.07. The summed E-state index contributed by atoms with van der Waals surface area (Å²) in [6.07, 6.45) is 3.29. The lowest BCUT2D eigenvalue weighted by Crippen LogP contribution is -2.38. The maximum atomic E-state index is 11.8. The maximum absolute atomic E-state index is 11.8. The highest BCUT2D eigenvalue weighted by Gasteiger charge is 2.23. The van der Waals surface area contributed by atoms with E-state index in [-0.39, 0.29) is 24.0 Å². The molecule has 0 aliphatic carbocycles. The lowest BCUT2D eigenvalue weighted by molar-refractivity contribution is -0.137. The van der Waals surface area contributed by atoms with E-state index in [1.165, 1.54) is 5.57 Å². The van der Waals surface area contributed by atoms with Gasteiger partial charge in [0.1, 0.15) is 6.61 Å². The van der Waals surface area contributed by atoms with Gasteiger partial charge >= 0.3 is 0 Å². The average molecular weight is 239 g/mol. The molecule has 0 radical (unpaired) electrons. The van der Waals surface area contributed by atoms with E-state index in [4.69, 9.17) is 4.74 Å². The fourth-order valence-electron chi connectivity index (χ4n) is 1.91. The molecule has 0 fully saturated rings. The van der Waals surface area contributed by atoms with Gasteiger partial charge in [-0.1, -0.05) is 32.4 Å². The van der Waals surface area contributed by atoms with Crippen LogP contribution in [0.2, 0.25) is 0 Å². The van der Waals surface area contributed by atoms with Crippen molar-refractivity contribution in [3.05, 3.63) is 11.6 Å². The van der Waals surface area contributed by atoms with Crippen molar-refractivity contribution in [3.63, 3.8) is 0 Å². The Morgan fingerprint density at radius 2 is 2.12 bits per heavy atom. The number of carbonyl (C=O) groups excluding carboxylic acids is 1. The molecule has 0 spiro atoms. The van der Waals surface area contributed by atoms with Gasteiger partial charge in [-0.2, -0.15) is 0 Å². The van der Waals surface area contributed by atoms with Crippen LogP contribution in [0.15, 0.2) is 11.6 Å². The molecule has 1 amide bonds. The molecule has 0 aromatic heterocycles. The lowest BCUT2D eigenvalue weighted by Gasteiger charge is -2.32. The molecule has 98 valence electrons. The number of carbonyl (C=O) groups is 1. The van der Waals surface area contributed by atoms with E-state index in [0.29, 0.717) is 0 Å². The fraction of sp³-hybridized carbons (Fsp3) is 0.786. The first-order valence-corrected chi connectivity index (χ1v) is 6.39. The first kappa shape index (κ1) is 14.2. The standard InChI is InChI=1S/C14H25NO2/c1-11(2)17-10-13(16)15-8-6-12(7-9-15)14(3,4)5/h6,11H,7-10H2,1-5H3. The van der Waals surface area contributed by atoms with Gasteiger partial charge in [-0.25, -0.2) is 0 Å². The highest BCUT2D eigenvalue weighted by Crippen LogP contribution is 2.29. The second-order valence-electron chi connectivity index (χ2n) is 5.93. The number of amides is 1. The van der Waals surface area contributed by atoms with E-state index in [1.54, 1.807) is 0 Å². The molecule has 1 aliphatic heterocycles. The van der Waals surface area contributed by atoms with Crippen LogP contribution >= 0.6 is 0 Å². The van der Waals surface area contributed by atoms with Crippen molar-refractivity contribution in [1.29, 1.82) is 0 Å². The summed E-state index contributed by atoms with van der Waals surface area (Å²) in [6, 6.07) is 0. The zero-order valence-electron chi connectivity index (χ0n) is 11.7. The van der Waals surface area contributed by atoms with Crippen LogP contribution in [0.3, 0.4) is 0 Å². The monoisotopic (exact) mass is 239 g/mol. The Morgan fingerprint density at radius 1 is 1.47 bits per heavy atom. The SMILES string of the molecule is CC(C)OCC(=O)N1CC=C(C(C)(C)C)CC1. The van der Waals surface area contributed by atoms with E-state index in [1.807, 2.05) is 18.7 Å². The number of ether oxygens (including phenoxy) is 1. The lowest BCUT2D eigenvalue weighted by atomic mass is 9.83. The number of nitrogens with zero attached hydrogens (tertiary/aromatic N) is 1. The molecule has 0 aromatic rings. The number of rotatable bonds is 3. The number of hydrogen-bond donors (Lipinski definition) is 0. The third-order valence-corrected chi connectivity index (χ3v) is 3.07. The summed E-state index contributed by atoms with van der Waals surface area (Å²) in [5.41, 5.74) is 1.68. The molecular weight excluding hydrogens is 214 g/mol. The molecule has 1 aliphatic rings. The molecule has 0 saturated heterocycles. The van der Waals surface area contributed by atoms with Crippen LogP contribution in [0.4, 0.5) is 0 Å². The van der Waals surface area contributed by atoms with Crippen molar-refractivity contribution in [2.45, 2.75) is 47.1 Å². The van der Waals surface area contributed by atoms with Crippen molar-refractivity contribution in [1.82, 2.24) is 4.90 Å². The van der Waals surface area contributed by atoms with Gasteiger partial charge in [0, 0.05) is 13.1 Å². The predicted molar refractivity (Wildman–Crippen MR) is 69.8 cm³/mol. The van der Waals surface area contributed by atoms with Gasteiger partial charge in [0.2, 0.25) is 5.91 Å². The molecule has 0 bridgehead atoms. The Labute approximate surface area is 105 Å². The molecule has 1 heterocycles. The van der Waals surface area contributed by atoms with Crippen molar-refractivity contribution in [2.24, 2.45) is 5.41 Å². The molecule has 0 unspecified atom stereocenters. The summed E-state index contributed by atoms with van der Waals surface area (Å²) in [6.45, 7) is 12.3. The smallest absolute Gasteiger partial charge is 0.248 e. The van der Waals surface area contributed by atoms with E-state index < -0.39 is 0 Å². The maximum Gasteiger partial charge on any atom is 0.248 e. The van der Waals surface area contributed by atoms with Crippen LogP contribution in [0.1, 0.15) is 41.0 Å². The van der Waals surface area contributed by atoms with Gasteiger partial charge in [0.15, 0.2) is 0 Å². The molecule has 0 saturated carbocycles. The summed E-state index contributed by atoms with van der Waals surface area (Å²) in [7, 11) is 0. The second kappa shape index (κ2) is 5.67. The first-order valence-electron chi connectivity index (χ1n) is 6.39. The molecule has 0 aromatic carbocycles. The van der Waals surface area contributed by atoms with Gasteiger partial charge in [0.25, 0.3) is 0 Å². The summed E-state index contributed by atoms with van der Waals surface area (Å²) in [5, 5.41) is 0. The van der Waals surface area contributed by atoms with Gasteiger partial charge < -0.3 is 9.64 Å². The Kier molecular flexibility index (Phi) is 4.75. The minimum absolute atomic E-state index is 0.0999. The van der Waals surface area contributed by atoms with E-state index in [9.17, 15) is 4.79 Å². The molecule has 17 heavy (non-hydrogen) atoms. The van der Waals surface area contributed by atoms with Crippen molar-refractivity contribution in [3.8, 4) is 0 Å². The third kappa shape index (κ3) is 4.50. The topological polar surface area (TPSA) is 29.5 Å². The van der Waals surface area contributed by atoms with Crippen LogP contribution in [0.5, 0.6) is 0 Å². The van der Waals surface area contributed by atoms with Crippen LogP contribution < -0.4 is 0 Å². The van der Waals surface area contributed by atoms with Crippen molar-refractivity contribution >= 4 is 5.91 Å². The zero-order chi connectivity index (χ0) is 13.1. The Balaban J connectivity index is 2.46. The molecule has 0 atom stereocenters. The molecule has 3 heteroatoms. The number of hydrogen-bond acceptors (Lipinski definition) is 2. The summed E-state index contributed by atoms with van der Waals surface area (Å²) in [5.74, 6) is 0.0999. The van der Waals surface area contributed by atoms with Gasteiger partial charge in [-0.15, -0.1) is 0 Å². The quantitative estimate of drug-likeness (QED) is 0.709. The van der Waals surface area contributed by atoms with Gasteiger partial charge in [-0.3, -0.25) is 4.79 Å². The molecule has 0 N–H and O–H groups in total. The molecular formula is C14H25NO2. The van der Waals surface area contributed by atoms with Crippen LogP contribution in [-0.4, -0.2) is 36.6 Å². The van der Waals surface area contributed by atoms with Crippen LogP contribution in [0, 0.1) is 5.41 Å². The minimum Gasteiger partial charge on any atom is -0.369 e. The summed E-state index contributed by atoms with van der Waals surface area (Å²) >= 11 is 0. The summed E-state index contributed by atoms with van der Waals surface area (Å²) in [4.78, 5) is 13.7. The minimum atomic E-state index is 0.0999. The van der Waals surface area contributed by atoms with E-state index in [0.717, 1.165) is 19.5 Å². The molecule has 1 rings (SSSR count). The zero-order valence-corrected chi connectivity index (χ0v) is 11.7. The van der Waals surface area contributed by atoms with Crippen LogP contribution in [0.25, 0.3) is 0 Å². The Bertz CT molecular complexity index is 300. The Hall–Kier alpha value is -0.830. The largest absolute Gasteiger partial charge is 0.369 e. The van der Waals surface area contributed by atoms with Crippen molar-refractivity contribution < 1.29 is 9.53 Å². The highest BCUT2D eigenvalue weighted by molar-refractivity contribution is 5.77. The van der Waals surface area contributed by atoms with E-state index >= 15 is 0 Å². The van der Waals surface area contributed by atoms with Gasteiger partial charge in [-0.05, 0) is 25.7 Å². The summed E-state index contributed by atoms with van der Waals surface area (Å²) < 4.78 is 5.34. The fourth-order valence-corrected chi connectivity index (χ4v) is 1.91. The molecule has 3 nitrogen and oxygen atoms in total. The van der Waals surface area contributed by atoms with Crippen LogP contribution in [-0.2, 0) is 9.53 Å². The average Bonchev–Trinajstić information content (AvgIpc) is 2.25.